The van der Waals surface area contributed by atoms with Crippen LogP contribution in [0.2, 0.25) is 0 Å². The monoisotopic (exact) mass is 255 g/mol. The average molecular weight is 255 g/mol. The molecule has 1 unspecified atom stereocenters. The fourth-order valence-electron chi connectivity index (χ4n) is 1.38. The zero-order valence-electron chi connectivity index (χ0n) is 8.72. The van der Waals surface area contributed by atoms with Crippen LogP contribution in [-0.2, 0) is 6.18 Å². The summed E-state index contributed by atoms with van der Waals surface area (Å²) in [5.74, 6) is -3.39. The van der Waals surface area contributed by atoms with E-state index in [1.54, 1.807) is 0 Å². The first-order valence-electron chi connectivity index (χ1n) is 4.61. The smallest absolute Gasteiger partial charge is 0.316 e. The molecular formula is C10H10F5NO. The van der Waals surface area contributed by atoms with Crippen molar-refractivity contribution in [3.8, 4) is 0 Å². The number of benzene rings is 1. The second-order valence-corrected chi connectivity index (χ2v) is 3.64. The molecule has 0 aromatic heterocycles. The van der Waals surface area contributed by atoms with E-state index < -0.39 is 23.7 Å². The van der Waals surface area contributed by atoms with Crippen molar-refractivity contribution in [1.82, 2.24) is 5.48 Å². The first-order valence-corrected chi connectivity index (χ1v) is 4.61. The summed E-state index contributed by atoms with van der Waals surface area (Å²) < 4.78 is 63.1. The van der Waals surface area contributed by atoms with Gasteiger partial charge in [0.05, 0.1) is 5.56 Å². The lowest BCUT2D eigenvalue weighted by molar-refractivity contribution is -0.137. The summed E-state index contributed by atoms with van der Waals surface area (Å²) in [6, 6.07) is 1.55. The fraction of sp³-hybridized carbons (Fsp3) is 0.400. The predicted octanol–water partition coefficient (Wildman–Crippen LogP) is 3.38. The third-order valence-electron chi connectivity index (χ3n) is 2.18. The molecule has 0 aliphatic carbocycles. The molecule has 0 heterocycles. The Morgan fingerprint density at radius 1 is 1.18 bits per heavy atom. The van der Waals surface area contributed by atoms with Gasteiger partial charge in [-0.2, -0.15) is 18.7 Å². The molecule has 17 heavy (non-hydrogen) atoms. The number of halogens is 5. The van der Waals surface area contributed by atoms with Gasteiger partial charge in [-0.15, -0.1) is 0 Å². The molecule has 0 aliphatic heterocycles. The normalized spacial score (nSPS) is 14.8. The third kappa shape index (κ3) is 3.37. The van der Waals surface area contributed by atoms with Gasteiger partial charge in [-0.1, -0.05) is 12.1 Å². The third-order valence-corrected chi connectivity index (χ3v) is 2.18. The number of hydrogen-bond donors (Lipinski definition) is 2. The van der Waals surface area contributed by atoms with Crippen molar-refractivity contribution in [1.29, 1.82) is 0 Å². The van der Waals surface area contributed by atoms with Crippen molar-refractivity contribution < 1.29 is 27.2 Å². The lowest BCUT2D eigenvalue weighted by Gasteiger charge is -2.23. The SMILES string of the molecule is CC(F)(F)C(NO)c1cccc(C(F)(F)F)c1. The molecule has 0 fully saturated rings. The summed E-state index contributed by atoms with van der Waals surface area (Å²) >= 11 is 0. The highest BCUT2D eigenvalue weighted by Gasteiger charge is 2.37. The maximum absolute atomic E-state index is 13.0. The Morgan fingerprint density at radius 3 is 2.18 bits per heavy atom. The van der Waals surface area contributed by atoms with Crippen molar-refractivity contribution in [3.05, 3.63) is 35.4 Å². The standard InChI is InChI=1S/C10H10F5NO/c1-9(11,12)8(16-17)6-3-2-4-7(5-6)10(13,14)15/h2-5,8,16-17H,1H3. The second-order valence-electron chi connectivity index (χ2n) is 3.64. The molecule has 2 nitrogen and oxygen atoms in total. The van der Waals surface area contributed by atoms with Crippen LogP contribution in [-0.4, -0.2) is 11.1 Å². The Hall–Kier alpha value is -1.21. The first kappa shape index (κ1) is 13.9. The van der Waals surface area contributed by atoms with Crippen LogP contribution in [0.5, 0.6) is 0 Å². The van der Waals surface area contributed by atoms with E-state index in [1.807, 2.05) is 0 Å². The van der Waals surface area contributed by atoms with E-state index >= 15 is 0 Å². The molecule has 2 N–H and O–H groups in total. The zero-order chi connectivity index (χ0) is 13.3. The van der Waals surface area contributed by atoms with E-state index in [0.29, 0.717) is 13.0 Å². The molecule has 0 radical (unpaired) electrons. The molecule has 1 rings (SSSR count). The lowest BCUT2D eigenvalue weighted by atomic mass is 10.00. The lowest BCUT2D eigenvalue weighted by Crippen LogP contribution is -2.33. The summed E-state index contributed by atoms with van der Waals surface area (Å²) in [6.07, 6.45) is -4.61. The Kier molecular flexibility index (Phi) is 3.73. The predicted molar refractivity (Wildman–Crippen MR) is 49.7 cm³/mol. The van der Waals surface area contributed by atoms with Crippen LogP contribution in [0, 0.1) is 0 Å². The quantitative estimate of drug-likeness (QED) is 0.641. The highest BCUT2D eigenvalue weighted by Crippen LogP contribution is 2.34. The molecule has 0 saturated heterocycles. The second kappa shape index (κ2) is 4.58. The summed E-state index contributed by atoms with van der Waals surface area (Å²) in [5, 5.41) is 8.60. The number of nitrogens with one attached hydrogen (secondary N) is 1. The van der Waals surface area contributed by atoms with E-state index in [0.717, 1.165) is 18.2 Å². The number of alkyl halides is 5. The van der Waals surface area contributed by atoms with Gasteiger partial charge in [-0.05, 0) is 17.7 Å². The van der Waals surface area contributed by atoms with Gasteiger partial charge in [0.25, 0.3) is 5.92 Å². The zero-order valence-corrected chi connectivity index (χ0v) is 8.72. The Bertz CT molecular complexity index is 385. The highest BCUT2D eigenvalue weighted by molar-refractivity contribution is 5.28. The van der Waals surface area contributed by atoms with Crippen LogP contribution in [0.25, 0.3) is 0 Å². The minimum absolute atomic E-state index is 0.338. The molecule has 96 valence electrons. The number of hydrogen-bond acceptors (Lipinski definition) is 2. The van der Waals surface area contributed by atoms with Crippen molar-refractivity contribution in [2.75, 3.05) is 0 Å². The van der Waals surface area contributed by atoms with Gasteiger partial charge < -0.3 is 5.21 Å². The molecule has 0 bridgehead atoms. The van der Waals surface area contributed by atoms with Gasteiger partial charge in [0.15, 0.2) is 0 Å². The van der Waals surface area contributed by atoms with Gasteiger partial charge in [-0.25, -0.2) is 8.78 Å². The first-order chi connectivity index (χ1) is 7.66. The molecule has 7 heteroatoms. The van der Waals surface area contributed by atoms with Gasteiger partial charge >= 0.3 is 6.18 Å². The molecule has 1 aromatic rings. The summed E-state index contributed by atoms with van der Waals surface area (Å²) in [6.45, 7) is 0.501. The van der Waals surface area contributed by atoms with Crippen LogP contribution >= 0.6 is 0 Å². The van der Waals surface area contributed by atoms with Crippen molar-refractivity contribution in [3.63, 3.8) is 0 Å². The summed E-state index contributed by atoms with van der Waals surface area (Å²) in [5.41, 5.74) is -0.0606. The van der Waals surface area contributed by atoms with Crippen LogP contribution in [0.4, 0.5) is 22.0 Å². The van der Waals surface area contributed by atoms with E-state index in [-0.39, 0.29) is 5.56 Å². The average Bonchev–Trinajstić information content (AvgIpc) is 2.15. The maximum Gasteiger partial charge on any atom is 0.416 e. The van der Waals surface area contributed by atoms with Crippen molar-refractivity contribution in [2.24, 2.45) is 0 Å². The molecular weight excluding hydrogens is 245 g/mol. The molecule has 1 atom stereocenters. The van der Waals surface area contributed by atoms with Gasteiger partial charge in [0.1, 0.15) is 6.04 Å². The largest absolute Gasteiger partial charge is 0.416 e. The van der Waals surface area contributed by atoms with Gasteiger partial charge in [0, 0.05) is 6.92 Å². The maximum atomic E-state index is 13.0. The van der Waals surface area contributed by atoms with Crippen molar-refractivity contribution in [2.45, 2.75) is 25.1 Å². The fourth-order valence-corrected chi connectivity index (χ4v) is 1.38. The van der Waals surface area contributed by atoms with Gasteiger partial charge in [-0.3, -0.25) is 0 Å². The van der Waals surface area contributed by atoms with E-state index in [4.69, 9.17) is 5.21 Å². The number of rotatable bonds is 3. The molecule has 0 aliphatic rings. The molecule has 0 amide bonds. The Labute approximate surface area is 94.0 Å². The van der Waals surface area contributed by atoms with Crippen molar-refractivity contribution >= 4 is 0 Å². The minimum Gasteiger partial charge on any atom is -0.316 e. The summed E-state index contributed by atoms with van der Waals surface area (Å²) in [7, 11) is 0. The van der Waals surface area contributed by atoms with Crippen LogP contribution in [0.3, 0.4) is 0 Å². The number of hydroxylamine groups is 1. The van der Waals surface area contributed by atoms with E-state index in [2.05, 4.69) is 0 Å². The minimum atomic E-state index is -4.61. The van der Waals surface area contributed by atoms with E-state index in [1.165, 1.54) is 5.48 Å². The van der Waals surface area contributed by atoms with Crippen LogP contribution in [0.15, 0.2) is 24.3 Å². The highest BCUT2D eigenvalue weighted by atomic mass is 19.4. The van der Waals surface area contributed by atoms with Crippen LogP contribution in [0.1, 0.15) is 24.1 Å². The topological polar surface area (TPSA) is 32.3 Å². The molecule has 0 saturated carbocycles. The molecule has 0 spiro atoms. The van der Waals surface area contributed by atoms with Crippen LogP contribution < -0.4 is 5.48 Å². The molecule has 1 aromatic carbocycles. The van der Waals surface area contributed by atoms with Gasteiger partial charge in [0.2, 0.25) is 0 Å². The Balaban J connectivity index is 3.15. The van der Waals surface area contributed by atoms with E-state index in [9.17, 15) is 22.0 Å². The summed E-state index contributed by atoms with van der Waals surface area (Å²) in [4.78, 5) is 0. The Morgan fingerprint density at radius 2 is 1.76 bits per heavy atom.